The fraction of sp³-hybridized carbons (Fsp3) is 0.227. The van der Waals surface area contributed by atoms with Crippen molar-refractivity contribution in [3.63, 3.8) is 0 Å². The van der Waals surface area contributed by atoms with E-state index in [9.17, 15) is 9.59 Å². The number of thiazole rings is 1. The highest BCUT2D eigenvalue weighted by atomic mass is 35.5. The van der Waals surface area contributed by atoms with E-state index in [2.05, 4.69) is 10.3 Å². The summed E-state index contributed by atoms with van der Waals surface area (Å²) in [6, 6.07) is 16.5. The average molecular weight is 443 g/mol. The number of carbonyl (C=O) groups excluding carboxylic acids is 2. The summed E-state index contributed by atoms with van der Waals surface area (Å²) < 4.78 is 0. The molecule has 0 spiro atoms. The van der Waals surface area contributed by atoms with Crippen LogP contribution in [0.15, 0.2) is 60.0 Å². The zero-order valence-electron chi connectivity index (χ0n) is 16.8. The van der Waals surface area contributed by atoms with Crippen LogP contribution in [0.3, 0.4) is 0 Å². The summed E-state index contributed by atoms with van der Waals surface area (Å²) in [5.74, 6) is -0.486. The van der Waals surface area contributed by atoms with Crippen molar-refractivity contribution in [1.29, 1.82) is 0 Å². The van der Waals surface area contributed by atoms with Crippen molar-refractivity contribution < 1.29 is 9.59 Å². The van der Waals surface area contributed by atoms with Gasteiger partial charge in [-0.05, 0) is 37.9 Å². The highest BCUT2D eigenvalue weighted by molar-refractivity contribution is 7.14. The molecule has 0 aliphatic rings. The largest absolute Gasteiger partial charge is 0.332 e. The Balaban J connectivity index is 1.71. The number of likely N-dealkylation sites (N-methyl/N-ethyl adjacent to an activating group) is 1. The Kier molecular flexibility index (Phi) is 7.57. The summed E-state index contributed by atoms with van der Waals surface area (Å²) in [7, 11) is 3.94. The first-order valence-corrected chi connectivity index (χ1v) is 10.7. The number of halogens is 1. The molecule has 1 N–H and O–H groups in total. The monoisotopic (exact) mass is 442 g/mol. The van der Waals surface area contributed by atoms with Crippen LogP contribution < -0.4 is 5.32 Å². The van der Waals surface area contributed by atoms with Gasteiger partial charge in [-0.1, -0.05) is 48.0 Å². The molecule has 1 aromatic heterocycles. The van der Waals surface area contributed by atoms with Crippen molar-refractivity contribution in [3.05, 3.63) is 81.8 Å². The van der Waals surface area contributed by atoms with E-state index >= 15 is 0 Å². The van der Waals surface area contributed by atoms with Crippen LogP contribution >= 0.6 is 22.9 Å². The molecule has 3 aromatic rings. The average Bonchev–Trinajstić information content (AvgIpc) is 3.19. The Morgan fingerprint density at radius 3 is 2.53 bits per heavy atom. The van der Waals surface area contributed by atoms with E-state index in [0.29, 0.717) is 34.5 Å². The summed E-state index contributed by atoms with van der Waals surface area (Å²) in [4.78, 5) is 33.6. The van der Waals surface area contributed by atoms with Crippen molar-refractivity contribution >= 4 is 39.9 Å². The topological polar surface area (TPSA) is 65.5 Å². The van der Waals surface area contributed by atoms with Crippen LogP contribution in [0.4, 0.5) is 5.13 Å². The Morgan fingerprint density at radius 2 is 1.83 bits per heavy atom. The Labute approximate surface area is 185 Å². The second-order valence-corrected chi connectivity index (χ2v) is 8.31. The molecule has 0 aliphatic carbocycles. The summed E-state index contributed by atoms with van der Waals surface area (Å²) >= 11 is 7.16. The normalized spacial score (nSPS) is 10.8. The number of nitrogens with one attached hydrogen (secondary N) is 1. The van der Waals surface area contributed by atoms with Crippen LogP contribution in [0.5, 0.6) is 0 Å². The first kappa shape index (κ1) is 22.0. The number of benzene rings is 2. The van der Waals surface area contributed by atoms with Crippen molar-refractivity contribution in [2.24, 2.45) is 0 Å². The molecule has 0 bridgehead atoms. The van der Waals surface area contributed by atoms with Crippen molar-refractivity contribution in [1.82, 2.24) is 14.8 Å². The zero-order valence-corrected chi connectivity index (χ0v) is 18.4. The third kappa shape index (κ3) is 6.13. The second kappa shape index (κ2) is 10.3. The van der Waals surface area contributed by atoms with Gasteiger partial charge in [0.25, 0.3) is 11.8 Å². The maximum Gasteiger partial charge on any atom is 0.273 e. The number of rotatable bonds is 8. The number of amides is 2. The fourth-order valence-electron chi connectivity index (χ4n) is 2.77. The first-order valence-electron chi connectivity index (χ1n) is 9.43. The summed E-state index contributed by atoms with van der Waals surface area (Å²) in [6.45, 7) is 1.80. The highest BCUT2D eigenvalue weighted by Crippen LogP contribution is 2.20. The predicted molar refractivity (Wildman–Crippen MR) is 121 cm³/mol. The molecule has 0 atom stereocenters. The maximum atomic E-state index is 13.1. The Morgan fingerprint density at radius 1 is 1.07 bits per heavy atom. The van der Waals surface area contributed by atoms with Gasteiger partial charge in [-0.25, -0.2) is 4.98 Å². The quantitative estimate of drug-likeness (QED) is 0.566. The van der Waals surface area contributed by atoms with E-state index in [4.69, 9.17) is 11.6 Å². The molecule has 30 heavy (non-hydrogen) atoms. The van der Waals surface area contributed by atoms with Gasteiger partial charge in [-0.15, -0.1) is 11.3 Å². The fourth-order valence-corrected chi connectivity index (χ4v) is 3.64. The zero-order chi connectivity index (χ0) is 21.5. The maximum absolute atomic E-state index is 13.1. The minimum Gasteiger partial charge on any atom is -0.332 e. The molecule has 1 heterocycles. The van der Waals surface area contributed by atoms with E-state index in [1.807, 2.05) is 49.3 Å². The van der Waals surface area contributed by atoms with E-state index in [-0.39, 0.29) is 11.8 Å². The third-order valence-corrected chi connectivity index (χ3v) is 5.34. The van der Waals surface area contributed by atoms with Gasteiger partial charge in [0, 0.05) is 35.6 Å². The molecule has 0 radical (unpaired) electrons. The Hall–Kier alpha value is -2.74. The van der Waals surface area contributed by atoms with Crippen LogP contribution in [0.1, 0.15) is 26.4 Å². The lowest BCUT2D eigenvalue weighted by atomic mass is 10.2. The molecule has 0 fully saturated rings. The highest BCUT2D eigenvalue weighted by Gasteiger charge is 2.20. The molecule has 3 rings (SSSR count). The van der Waals surface area contributed by atoms with Gasteiger partial charge in [0.2, 0.25) is 0 Å². The number of nitrogens with zero attached hydrogens (tertiary/aromatic N) is 3. The standard InChI is InChI=1S/C22H23ClN4O2S/c1-26(2)11-12-27(14-16-7-4-3-5-8-16)21(29)19-15-30-22(24-19)25-20(28)17-9-6-10-18(23)13-17/h3-10,13,15H,11-12,14H2,1-2H3,(H,24,25,28). The molecular weight excluding hydrogens is 420 g/mol. The lowest BCUT2D eigenvalue weighted by Crippen LogP contribution is -2.36. The lowest BCUT2D eigenvalue weighted by Gasteiger charge is -2.24. The minimum atomic E-state index is -0.320. The number of hydrogen-bond acceptors (Lipinski definition) is 5. The molecule has 156 valence electrons. The van der Waals surface area contributed by atoms with E-state index in [1.165, 1.54) is 11.3 Å². The van der Waals surface area contributed by atoms with Crippen LogP contribution in [-0.4, -0.2) is 53.8 Å². The SMILES string of the molecule is CN(C)CCN(Cc1ccccc1)C(=O)c1csc(NC(=O)c2cccc(Cl)c2)n1. The van der Waals surface area contributed by atoms with Crippen molar-refractivity contribution in [3.8, 4) is 0 Å². The summed E-state index contributed by atoms with van der Waals surface area (Å²) in [6.07, 6.45) is 0. The number of hydrogen-bond donors (Lipinski definition) is 1. The van der Waals surface area contributed by atoms with Gasteiger partial charge in [0.15, 0.2) is 5.13 Å². The predicted octanol–water partition coefficient (Wildman–Crippen LogP) is 4.25. The molecule has 8 heteroatoms. The molecule has 0 unspecified atom stereocenters. The van der Waals surface area contributed by atoms with Gasteiger partial charge < -0.3 is 9.80 Å². The number of anilines is 1. The van der Waals surface area contributed by atoms with Gasteiger partial charge in [0.05, 0.1) is 0 Å². The third-order valence-electron chi connectivity index (χ3n) is 4.35. The summed E-state index contributed by atoms with van der Waals surface area (Å²) in [5, 5.41) is 5.25. The minimum absolute atomic E-state index is 0.166. The number of aromatic nitrogens is 1. The van der Waals surface area contributed by atoms with Crippen molar-refractivity contribution in [2.75, 3.05) is 32.5 Å². The van der Waals surface area contributed by atoms with Crippen molar-refractivity contribution in [2.45, 2.75) is 6.54 Å². The molecule has 6 nitrogen and oxygen atoms in total. The van der Waals surface area contributed by atoms with Crippen LogP contribution in [-0.2, 0) is 6.54 Å². The second-order valence-electron chi connectivity index (χ2n) is 7.02. The molecule has 0 saturated heterocycles. The molecular formula is C22H23ClN4O2S. The molecule has 2 amide bonds. The van der Waals surface area contributed by atoms with E-state index < -0.39 is 0 Å². The molecule has 0 aliphatic heterocycles. The lowest BCUT2D eigenvalue weighted by molar-refractivity contribution is 0.0726. The first-order chi connectivity index (χ1) is 14.4. The van der Waals surface area contributed by atoms with E-state index in [1.54, 1.807) is 34.5 Å². The van der Waals surface area contributed by atoms with Crippen LogP contribution in [0.2, 0.25) is 5.02 Å². The van der Waals surface area contributed by atoms with E-state index in [0.717, 1.165) is 12.1 Å². The van der Waals surface area contributed by atoms with Gasteiger partial charge in [0.1, 0.15) is 5.69 Å². The molecule has 0 saturated carbocycles. The summed E-state index contributed by atoms with van der Waals surface area (Å²) in [5.41, 5.74) is 1.80. The molecule has 2 aromatic carbocycles. The van der Waals surface area contributed by atoms with Crippen LogP contribution in [0, 0.1) is 0 Å². The smallest absolute Gasteiger partial charge is 0.273 e. The van der Waals surface area contributed by atoms with Gasteiger partial charge in [-0.3, -0.25) is 14.9 Å². The van der Waals surface area contributed by atoms with Gasteiger partial charge >= 0.3 is 0 Å². The van der Waals surface area contributed by atoms with Crippen LogP contribution in [0.25, 0.3) is 0 Å². The Bertz CT molecular complexity index is 1010. The van der Waals surface area contributed by atoms with Gasteiger partial charge in [-0.2, -0.15) is 0 Å². The number of carbonyl (C=O) groups is 2.